The van der Waals surface area contributed by atoms with Gasteiger partial charge >= 0.3 is 5.69 Å². The number of rotatable bonds is 6. The maximum absolute atomic E-state index is 12.1. The first kappa shape index (κ1) is 19.1. The summed E-state index contributed by atoms with van der Waals surface area (Å²) in [5.74, 6) is 0.650. The van der Waals surface area contributed by atoms with Crippen molar-refractivity contribution in [2.45, 2.75) is 39.3 Å². The van der Waals surface area contributed by atoms with Gasteiger partial charge in [0.2, 0.25) is 5.91 Å². The van der Waals surface area contributed by atoms with Gasteiger partial charge in [0.15, 0.2) is 0 Å². The second kappa shape index (κ2) is 8.81. The molecule has 3 rings (SSSR count). The molecule has 1 aliphatic rings. The van der Waals surface area contributed by atoms with E-state index in [0.717, 1.165) is 31.2 Å². The van der Waals surface area contributed by atoms with E-state index in [9.17, 15) is 14.4 Å². The van der Waals surface area contributed by atoms with Crippen LogP contribution >= 0.6 is 0 Å². The van der Waals surface area contributed by atoms with Gasteiger partial charge in [-0.25, -0.2) is 4.79 Å². The molecule has 0 saturated carbocycles. The molecule has 0 spiro atoms. The minimum Gasteiger partial charge on any atom is -0.326 e. The molecule has 1 amide bonds. The molecule has 144 valence electrons. The van der Waals surface area contributed by atoms with E-state index in [1.54, 1.807) is 0 Å². The predicted octanol–water partition coefficient (Wildman–Crippen LogP) is 1.80. The molecular weight excluding hydrogens is 344 g/mol. The number of nitrogens with one attached hydrogen (secondary N) is 2. The maximum Gasteiger partial charge on any atom is 0.328 e. The van der Waals surface area contributed by atoms with Crippen LogP contribution in [0.25, 0.3) is 0 Å². The number of nitrogens with zero attached hydrogens (tertiary/aromatic N) is 2. The Kier molecular flexibility index (Phi) is 6.24. The van der Waals surface area contributed by atoms with Crippen molar-refractivity contribution in [1.29, 1.82) is 0 Å². The van der Waals surface area contributed by atoms with Gasteiger partial charge in [-0.15, -0.1) is 0 Å². The lowest BCUT2D eigenvalue weighted by atomic mass is 9.99. The van der Waals surface area contributed by atoms with Crippen molar-refractivity contribution < 1.29 is 4.79 Å². The number of hydrogen-bond acceptors (Lipinski definition) is 4. The summed E-state index contributed by atoms with van der Waals surface area (Å²) in [5.41, 5.74) is 1.03. The van der Waals surface area contributed by atoms with Crippen LogP contribution in [-0.2, 0) is 17.9 Å². The van der Waals surface area contributed by atoms with Gasteiger partial charge in [0.1, 0.15) is 0 Å². The number of H-pyrrole nitrogens is 1. The summed E-state index contributed by atoms with van der Waals surface area (Å²) in [6.07, 6.45) is 4.06. The summed E-state index contributed by atoms with van der Waals surface area (Å²) in [5, 5.41) is 2.84. The number of carbonyl (C=O) groups excluding carboxylic acids is 1. The van der Waals surface area contributed by atoms with E-state index < -0.39 is 11.2 Å². The Balaban J connectivity index is 1.48. The Morgan fingerprint density at radius 3 is 2.52 bits per heavy atom. The lowest BCUT2D eigenvalue weighted by molar-refractivity contribution is -0.116. The molecule has 1 aliphatic heterocycles. The van der Waals surface area contributed by atoms with Crippen molar-refractivity contribution in [3.8, 4) is 0 Å². The summed E-state index contributed by atoms with van der Waals surface area (Å²) < 4.78 is 1.31. The average molecular weight is 370 g/mol. The topological polar surface area (TPSA) is 87.2 Å². The quantitative estimate of drug-likeness (QED) is 0.812. The molecule has 27 heavy (non-hydrogen) atoms. The third-order valence-electron chi connectivity index (χ3n) is 5.00. The molecule has 0 aliphatic carbocycles. The smallest absolute Gasteiger partial charge is 0.326 e. The maximum atomic E-state index is 12.1. The zero-order chi connectivity index (χ0) is 19.2. The van der Waals surface area contributed by atoms with Crippen molar-refractivity contribution in [3.05, 3.63) is 62.9 Å². The number of amides is 1. The zero-order valence-corrected chi connectivity index (χ0v) is 15.6. The van der Waals surface area contributed by atoms with E-state index in [4.69, 9.17) is 0 Å². The van der Waals surface area contributed by atoms with Crippen LogP contribution in [-0.4, -0.2) is 33.4 Å². The predicted molar refractivity (Wildman–Crippen MR) is 105 cm³/mol. The molecule has 1 aromatic heterocycles. The van der Waals surface area contributed by atoms with Crippen LogP contribution in [0.1, 0.15) is 31.7 Å². The van der Waals surface area contributed by atoms with Crippen LogP contribution in [0.5, 0.6) is 0 Å². The fraction of sp³-hybridized carbons (Fsp3) is 0.450. The van der Waals surface area contributed by atoms with Gasteiger partial charge in [0.25, 0.3) is 5.56 Å². The molecule has 2 aromatic rings. The van der Waals surface area contributed by atoms with E-state index in [2.05, 4.69) is 22.1 Å². The largest absolute Gasteiger partial charge is 0.328 e. The van der Waals surface area contributed by atoms with Crippen molar-refractivity contribution >= 4 is 11.6 Å². The number of aryl methyl sites for hydroxylation is 1. The van der Waals surface area contributed by atoms with Gasteiger partial charge in [0, 0.05) is 37.5 Å². The highest BCUT2D eigenvalue weighted by Crippen LogP contribution is 2.19. The Hall–Kier alpha value is -2.67. The minimum absolute atomic E-state index is 0.152. The molecule has 0 radical (unpaired) electrons. The van der Waals surface area contributed by atoms with Gasteiger partial charge in [0.05, 0.1) is 0 Å². The van der Waals surface area contributed by atoms with Gasteiger partial charge < -0.3 is 9.88 Å². The molecule has 2 heterocycles. The zero-order valence-electron chi connectivity index (χ0n) is 15.6. The first-order valence-corrected chi connectivity index (χ1v) is 9.40. The molecule has 2 N–H and O–H groups in total. The van der Waals surface area contributed by atoms with Crippen molar-refractivity contribution in [2.24, 2.45) is 5.92 Å². The van der Waals surface area contributed by atoms with Crippen molar-refractivity contribution in [3.63, 3.8) is 0 Å². The first-order valence-electron chi connectivity index (χ1n) is 9.40. The first-order chi connectivity index (χ1) is 13.0. The van der Waals surface area contributed by atoms with E-state index >= 15 is 0 Å². The monoisotopic (exact) mass is 370 g/mol. The Bertz CT molecular complexity index is 877. The SMILES string of the molecule is CC1CCN(Cc2ccc(NC(=O)CCn3ccc(=O)[nH]c3=O)cc2)CC1. The van der Waals surface area contributed by atoms with Crippen LogP contribution in [0.4, 0.5) is 5.69 Å². The Morgan fingerprint density at radius 1 is 1.15 bits per heavy atom. The van der Waals surface area contributed by atoms with Crippen molar-refractivity contribution in [2.75, 3.05) is 18.4 Å². The van der Waals surface area contributed by atoms with E-state index in [1.807, 2.05) is 24.3 Å². The Morgan fingerprint density at radius 2 is 1.85 bits per heavy atom. The molecule has 0 unspecified atom stereocenters. The number of likely N-dealkylation sites (tertiary alicyclic amines) is 1. The standard InChI is InChI=1S/C20H26N4O3/c1-15-6-10-23(11-7-15)14-16-2-4-17(5-3-16)21-18(25)8-12-24-13-9-19(26)22-20(24)27/h2-5,9,13,15H,6-8,10-12,14H2,1H3,(H,21,25)(H,22,26,27). The average Bonchev–Trinajstić information content (AvgIpc) is 2.64. The highest BCUT2D eigenvalue weighted by atomic mass is 16.2. The molecule has 1 fully saturated rings. The lowest BCUT2D eigenvalue weighted by Gasteiger charge is -2.30. The fourth-order valence-electron chi connectivity index (χ4n) is 3.24. The molecule has 0 bridgehead atoms. The highest BCUT2D eigenvalue weighted by molar-refractivity contribution is 5.90. The van der Waals surface area contributed by atoms with Gasteiger partial charge in [-0.05, 0) is 49.5 Å². The highest BCUT2D eigenvalue weighted by Gasteiger charge is 2.15. The number of piperidine rings is 1. The van der Waals surface area contributed by atoms with Crippen molar-refractivity contribution in [1.82, 2.24) is 14.5 Å². The number of aromatic amines is 1. The minimum atomic E-state index is -0.508. The summed E-state index contributed by atoms with van der Waals surface area (Å²) >= 11 is 0. The van der Waals surface area contributed by atoms with Crippen LogP contribution in [0.15, 0.2) is 46.1 Å². The number of anilines is 1. The fourth-order valence-corrected chi connectivity index (χ4v) is 3.24. The second-order valence-corrected chi connectivity index (χ2v) is 7.26. The molecular formula is C20H26N4O3. The van der Waals surface area contributed by atoms with Crippen LogP contribution in [0.2, 0.25) is 0 Å². The Labute approximate surface area is 158 Å². The summed E-state index contributed by atoms with van der Waals surface area (Å²) in [4.78, 5) is 39.4. The van der Waals surface area contributed by atoms with E-state index in [0.29, 0.717) is 0 Å². The summed E-state index contributed by atoms with van der Waals surface area (Å²) in [6.45, 7) is 5.75. The number of benzene rings is 1. The van der Waals surface area contributed by atoms with Crippen LogP contribution in [0.3, 0.4) is 0 Å². The molecule has 1 aromatic carbocycles. The number of carbonyl (C=O) groups is 1. The van der Waals surface area contributed by atoms with Gasteiger partial charge in [-0.1, -0.05) is 19.1 Å². The third-order valence-corrected chi connectivity index (χ3v) is 5.00. The molecule has 7 heteroatoms. The van der Waals surface area contributed by atoms with E-state index in [-0.39, 0.29) is 18.9 Å². The summed E-state index contributed by atoms with van der Waals surface area (Å²) in [7, 11) is 0. The summed E-state index contributed by atoms with van der Waals surface area (Å²) in [6, 6.07) is 9.17. The number of aromatic nitrogens is 2. The van der Waals surface area contributed by atoms with E-state index in [1.165, 1.54) is 35.2 Å². The molecule has 7 nitrogen and oxygen atoms in total. The molecule has 0 atom stereocenters. The van der Waals surface area contributed by atoms with Gasteiger partial charge in [-0.2, -0.15) is 0 Å². The van der Waals surface area contributed by atoms with Crippen LogP contribution < -0.4 is 16.6 Å². The number of hydrogen-bond donors (Lipinski definition) is 2. The normalized spacial score (nSPS) is 15.6. The molecule has 1 saturated heterocycles. The third kappa shape index (κ3) is 5.65. The van der Waals surface area contributed by atoms with Crippen LogP contribution in [0, 0.1) is 5.92 Å². The lowest BCUT2D eigenvalue weighted by Crippen LogP contribution is -2.32. The van der Waals surface area contributed by atoms with Gasteiger partial charge in [-0.3, -0.25) is 19.5 Å². The second-order valence-electron chi connectivity index (χ2n) is 7.26.